The van der Waals surface area contributed by atoms with Crippen LogP contribution in [0.3, 0.4) is 0 Å². The zero-order valence-corrected chi connectivity index (χ0v) is 11.1. The second-order valence-corrected chi connectivity index (χ2v) is 5.77. The molecule has 0 bridgehead atoms. The summed E-state index contributed by atoms with van der Waals surface area (Å²) in [5.41, 5.74) is 1.49. The van der Waals surface area contributed by atoms with Gasteiger partial charge in [-0.25, -0.2) is 28.1 Å². The van der Waals surface area contributed by atoms with Crippen molar-refractivity contribution < 1.29 is 8.42 Å². The number of imidazole rings is 1. The van der Waals surface area contributed by atoms with Crippen molar-refractivity contribution in [2.24, 2.45) is 0 Å². The predicted octanol–water partition coefficient (Wildman–Crippen LogP) is 0.831. The first-order valence-corrected chi connectivity index (χ1v) is 7.33. The Morgan fingerprint density at radius 1 is 1.10 bits per heavy atom. The van der Waals surface area contributed by atoms with Crippen molar-refractivity contribution >= 4 is 21.2 Å². The Morgan fingerprint density at radius 3 is 2.70 bits per heavy atom. The Morgan fingerprint density at radius 2 is 1.90 bits per heavy atom. The zero-order valence-electron chi connectivity index (χ0n) is 10.3. The lowest BCUT2D eigenvalue weighted by Crippen LogP contribution is -2.24. The summed E-state index contributed by atoms with van der Waals surface area (Å²) in [6.07, 6.45) is 2.57. The highest BCUT2D eigenvalue weighted by atomic mass is 32.2. The lowest BCUT2D eigenvalue weighted by atomic mass is 10.2. The highest BCUT2D eigenvalue weighted by molar-refractivity contribution is 7.89. The Bertz CT molecular complexity index is 829. The molecule has 0 unspecified atom stereocenters. The number of rotatable bonds is 4. The van der Waals surface area contributed by atoms with Crippen molar-refractivity contribution in [1.82, 2.24) is 24.7 Å². The largest absolute Gasteiger partial charge is 0.341 e. The number of hydrogen-bond donors (Lipinski definition) is 2. The van der Waals surface area contributed by atoms with Crippen molar-refractivity contribution in [2.45, 2.75) is 11.6 Å². The maximum atomic E-state index is 12.3. The molecular formula is C12H11N5O2S. The standard InChI is InChI=1S/C12H11N5O2S/c18-20(19,17-6-9-4-2-1-3-5-9)12-10-11(14-7-13-10)15-8-16-12/h1-5,7-8,17H,6H2,(H,13,14,15,16). The van der Waals surface area contributed by atoms with Gasteiger partial charge in [0.2, 0.25) is 0 Å². The predicted molar refractivity (Wildman–Crippen MR) is 72.2 cm³/mol. The average molecular weight is 289 g/mol. The molecule has 0 amide bonds. The lowest BCUT2D eigenvalue weighted by Gasteiger charge is -2.06. The Hall–Kier alpha value is -2.32. The molecule has 3 rings (SSSR count). The van der Waals surface area contributed by atoms with Crippen molar-refractivity contribution in [3.8, 4) is 0 Å². The molecule has 20 heavy (non-hydrogen) atoms. The fourth-order valence-electron chi connectivity index (χ4n) is 1.79. The quantitative estimate of drug-likeness (QED) is 0.693. The summed E-state index contributed by atoms with van der Waals surface area (Å²) in [4.78, 5) is 14.4. The first-order valence-electron chi connectivity index (χ1n) is 5.84. The molecule has 0 atom stereocenters. The third-order valence-electron chi connectivity index (χ3n) is 2.75. The maximum Gasteiger partial charge on any atom is 0.260 e. The summed E-state index contributed by atoms with van der Waals surface area (Å²) in [5.74, 6) is 0. The molecule has 102 valence electrons. The molecule has 2 aromatic heterocycles. The number of aromatic amines is 1. The molecule has 0 aliphatic heterocycles. The van der Waals surface area contributed by atoms with E-state index in [2.05, 4.69) is 24.7 Å². The van der Waals surface area contributed by atoms with E-state index >= 15 is 0 Å². The minimum Gasteiger partial charge on any atom is -0.341 e. The van der Waals surface area contributed by atoms with Gasteiger partial charge in [0.15, 0.2) is 10.7 Å². The van der Waals surface area contributed by atoms with E-state index in [0.29, 0.717) is 11.2 Å². The van der Waals surface area contributed by atoms with Gasteiger partial charge in [0, 0.05) is 6.54 Å². The summed E-state index contributed by atoms with van der Waals surface area (Å²) in [7, 11) is -3.73. The van der Waals surface area contributed by atoms with Gasteiger partial charge in [-0.05, 0) is 5.56 Å². The number of hydrogen-bond acceptors (Lipinski definition) is 5. The van der Waals surface area contributed by atoms with Gasteiger partial charge in [-0.2, -0.15) is 0 Å². The summed E-state index contributed by atoms with van der Waals surface area (Å²) < 4.78 is 27.0. The van der Waals surface area contributed by atoms with E-state index in [4.69, 9.17) is 0 Å². The topological polar surface area (TPSA) is 101 Å². The van der Waals surface area contributed by atoms with Crippen LogP contribution in [0.15, 0.2) is 48.0 Å². The minimum atomic E-state index is -3.73. The molecule has 0 aliphatic rings. The van der Waals surface area contributed by atoms with E-state index in [9.17, 15) is 8.42 Å². The van der Waals surface area contributed by atoms with Crippen LogP contribution in [-0.4, -0.2) is 28.4 Å². The fraction of sp³-hybridized carbons (Fsp3) is 0.0833. The number of nitrogens with zero attached hydrogens (tertiary/aromatic N) is 3. The lowest BCUT2D eigenvalue weighted by molar-refractivity contribution is 0.578. The third-order valence-corrected chi connectivity index (χ3v) is 4.09. The summed E-state index contributed by atoms with van der Waals surface area (Å²) in [6.45, 7) is 0.197. The highest BCUT2D eigenvalue weighted by Gasteiger charge is 2.20. The molecule has 3 aromatic rings. The molecule has 0 saturated carbocycles. The van der Waals surface area contributed by atoms with Crippen LogP contribution in [0.1, 0.15) is 5.56 Å². The summed E-state index contributed by atoms with van der Waals surface area (Å²) in [5, 5.41) is -0.101. The highest BCUT2D eigenvalue weighted by Crippen LogP contribution is 2.15. The van der Waals surface area contributed by atoms with Crippen LogP contribution in [0.4, 0.5) is 0 Å². The van der Waals surface area contributed by atoms with Crippen LogP contribution >= 0.6 is 0 Å². The van der Waals surface area contributed by atoms with E-state index in [1.807, 2.05) is 30.3 Å². The SMILES string of the molecule is O=S(=O)(NCc1ccccc1)c1ncnc2nc[nH]c12. The Balaban J connectivity index is 1.90. The molecule has 1 aromatic carbocycles. The van der Waals surface area contributed by atoms with Crippen LogP contribution in [0, 0.1) is 0 Å². The van der Waals surface area contributed by atoms with Crippen LogP contribution in [-0.2, 0) is 16.6 Å². The second kappa shape index (κ2) is 4.99. The van der Waals surface area contributed by atoms with Crippen molar-refractivity contribution in [1.29, 1.82) is 0 Å². The maximum absolute atomic E-state index is 12.3. The van der Waals surface area contributed by atoms with Crippen LogP contribution in [0.25, 0.3) is 11.2 Å². The first-order chi connectivity index (χ1) is 9.67. The minimum absolute atomic E-state index is 0.101. The molecule has 8 heteroatoms. The summed E-state index contributed by atoms with van der Waals surface area (Å²) in [6, 6.07) is 9.25. The molecular weight excluding hydrogens is 278 g/mol. The smallest absolute Gasteiger partial charge is 0.260 e. The average Bonchev–Trinajstić information content (AvgIpc) is 2.94. The van der Waals surface area contributed by atoms with Gasteiger partial charge in [0.05, 0.1) is 6.33 Å². The number of fused-ring (bicyclic) bond motifs is 1. The molecule has 0 saturated heterocycles. The molecule has 2 heterocycles. The molecule has 0 aliphatic carbocycles. The van der Waals surface area contributed by atoms with Crippen LogP contribution in [0.2, 0.25) is 0 Å². The van der Waals surface area contributed by atoms with Gasteiger partial charge in [0.25, 0.3) is 10.0 Å². The van der Waals surface area contributed by atoms with E-state index in [0.717, 1.165) is 5.56 Å². The van der Waals surface area contributed by atoms with Crippen molar-refractivity contribution in [3.63, 3.8) is 0 Å². The third kappa shape index (κ3) is 2.38. The zero-order chi connectivity index (χ0) is 14.0. The van der Waals surface area contributed by atoms with Gasteiger partial charge in [-0.15, -0.1) is 0 Å². The number of sulfonamides is 1. The number of aromatic nitrogens is 4. The van der Waals surface area contributed by atoms with Gasteiger partial charge in [-0.3, -0.25) is 0 Å². The van der Waals surface area contributed by atoms with Gasteiger partial charge >= 0.3 is 0 Å². The monoisotopic (exact) mass is 289 g/mol. The van der Waals surface area contributed by atoms with Crippen LogP contribution < -0.4 is 4.72 Å². The number of benzene rings is 1. The molecule has 2 N–H and O–H groups in total. The van der Waals surface area contributed by atoms with Gasteiger partial charge in [0.1, 0.15) is 11.8 Å². The van der Waals surface area contributed by atoms with Gasteiger partial charge < -0.3 is 4.98 Å². The van der Waals surface area contributed by atoms with Crippen LogP contribution in [0.5, 0.6) is 0 Å². The Labute approximate surface area is 115 Å². The van der Waals surface area contributed by atoms with Crippen molar-refractivity contribution in [2.75, 3.05) is 0 Å². The van der Waals surface area contributed by atoms with E-state index in [-0.39, 0.29) is 11.6 Å². The second-order valence-electron chi connectivity index (χ2n) is 4.09. The number of nitrogens with one attached hydrogen (secondary N) is 2. The number of H-pyrrole nitrogens is 1. The Kier molecular flexibility index (Phi) is 3.17. The normalized spacial score (nSPS) is 11.8. The van der Waals surface area contributed by atoms with E-state index in [1.165, 1.54) is 12.7 Å². The summed E-state index contributed by atoms with van der Waals surface area (Å²) >= 11 is 0. The molecule has 7 nitrogen and oxygen atoms in total. The first kappa shape index (κ1) is 12.7. The molecule has 0 spiro atoms. The molecule has 0 radical (unpaired) electrons. The van der Waals surface area contributed by atoms with E-state index in [1.54, 1.807) is 0 Å². The fourth-order valence-corrected chi connectivity index (χ4v) is 2.89. The van der Waals surface area contributed by atoms with E-state index < -0.39 is 10.0 Å². The van der Waals surface area contributed by atoms with Crippen molar-refractivity contribution in [3.05, 3.63) is 48.5 Å². The van der Waals surface area contributed by atoms with Gasteiger partial charge in [-0.1, -0.05) is 30.3 Å². The molecule has 0 fully saturated rings.